The molecule has 1 fully saturated rings. The molecule has 0 spiro atoms. The van der Waals surface area contributed by atoms with Crippen molar-refractivity contribution in [3.8, 4) is 0 Å². The third-order valence-corrected chi connectivity index (χ3v) is 6.32. The number of esters is 1. The maximum absolute atomic E-state index is 13.4. The molecule has 1 aliphatic heterocycles. The molecule has 0 aliphatic carbocycles. The smallest absolute Gasteiger partial charge is 0.320 e. The Morgan fingerprint density at radius 2 is 1.59 bits per heavy atom. The number of halogens is 1. The van der Waals surface area contributed by atoms with Gasteiger partial charge in [0.2, 0.25) is 0 Å². The summed E-state index contributed by atoms with van der Waals surface area (Å²) in [6, 6.07) is 14.6. The zero-order chi connectivity index (χ0) is 21.4. The molecular formula is C24H25BrO4. The van der Waals surface area contributed by atoms with Gasteiger partial charge in [0, 0.05) is 16.5 Å². The fourth-order valence-electron chi connectivity index (χ4n) is 3.93. The van der Waals surface area contributed by atoms with E-state index in [1.807, 2.05) is 43.3 Å². The molecule has 1 saturated heterocycles. The summed E-state index contributed by atoms with van der Waals surface area (Å²) in [5.41, 5.74) is -0.0849. The Labute approximate surface area is 179 Å². The highest BCUT2D eigenvalue weighted by Crippen LogP contribution is 2.49. The number of carbonyl (C=O) groups excluding carboxylic acids is 3. The van der Waals surface area contributed by atoms with E-state index in [9.17, 15) is 14.4 Å². The van der Waals surface area contributed by atoms with Gasteiger partial charge >= 0.3 is 5.97 Å². The van der Waals surface area contributed by atoms with Crippen LogP contribution < -0.4 is 0 Å². The first kappa shape index (κ1) is 21.4. The number of ketones is 2. The molecule has 152 valence electrons. The molecule has 2 aromatic carbocycles. The lowest BCUT2D eigenvalue weighted by Crippen LogP contribution is -2.54. The SMILES string of the molecule is CCc1ccc(C(=O)C[C@]2(C)C(=O)O[C@H](c3ccc(Br)cc3)C(C)(C)C2=O)cc1. The summed E-state index contributed by atoms with van der Waals surface area (Å²) in [6.45, 7) is 7.11. The van der Waals surface area contributed by atoms with Gasteiger partial charge in [-0.05, 0) is 50.5 Å². The van der Waals surface area contributed by atoms with Crippen LogP contribution in [0.5, 0.6) is 0 Å². The Morgan fingerprint density at radius 3 is 2.14 bits per heavy atom. The number of aryl methyl sites for hydroxylation is 1. The van der Waals surface area contributed by atoms with Gasteiger partial charge in [-0.15, -0.1) is 0 Å². The van der Waals surface area contributed by atoms with Crippen molar-refractivity contribution >= 4 is 33.5 Å². The predicted octanol–water partition coefficient (Wildman–Crippen LogP) is 5.48. The van der Waals surface area contributed by atoms with Gasteiger partial charge in [-0.1, -0.05) is 59.3 Å². The number of Topliss-reactive ketones (excluding diaryl/α,β-unsaturated/α-hetero) is 2. The van der Waals surface area contributed by atoms with Crippen LogP contribution in [0.1, 0.15) is 61.7 Å². The van der Waals surface area contributed by atoms with E-state index in [0.29, 0.717) is 5.56 Å². The first-order chi connectivity index (χ1) is 13.6. The molecule has 0 amide bonds. The molecule has 1 heterocycles. The summed E-state index contributed by atoms with van der Waals surface area (Å²) < 4.78 is 6.66. The molecule has 0 saturated carbocycles. The standard InChI is InChI=1S/C24H25BrO4/c1-5-15-6-8-16(9-7-15)19(26)14-24(4)21(27)23(2,3)20(29-22(24)28)17-10-12-18(25)13-11-17/h6-13,20H,5,14H2,1-4H3/t20-,24+/m1/s1. The van der Waals surface area contributed by atoms with E-state index in [0.717, 1.165) is 22.0 Å². The van der Waals surface area contributed by atoms with Gasteiger partial charge in [0.05, 0.1) is 5.41 Å². The molecule has 3 rings (SSSR count). The quantitative estimate of drug-likeness (QED) is 0.339. The highest BCUT2D eigenvalue weighted by molar-refractivity contribution is 9.10. The number of hydrogen-bond donors (Lipinski definition) is 0. The Kier molecular flexibility index (Phi) is 5.81. The largest absolute Gasteiger partial charge is 0.456 e. The molecule has 2 aromatic rings. The molecule has 0 radical (unpaired) electrons. The molecule has 0 unspecified atom stereocenters. The van der Waals surface area contributed by atoms with Gasteiger partial charge in [-0.2, -0.15) is 0 Å². The first-order valence-electron chi connectivity index (χ1n) is 9.73. The fraction of sp³-hybridized carbons (Fsp3) is 0.375. The van der Waals surface area contributed by atoms with E-state index in [2.05, 4.69) is 15.9 Å². The van der Waals surface area contributed by atoms with Crippen LogP contribution in [0.3, 0.4) is 0 Å². The van der Waals surface area contributed by atoms with Crippen molar-refractivity contribution in [3.63, 3.8) is 0 Å². The number of rotatable bonds is 5. The fourth-order valence-corrected chi connectivity index (χ4v) is 4.20. The number of cyclic esters (lactones) is 1. The molecule has 5 heteroatoms. The Hall–Kier alpha value is -2.27. The second-order valence-corrected chi connectivity index (χ2v) is 9.29. The maximum atomic E-state index is 13.4. The molecule has 29 heavy (non-hydrogen) atoms. The van der Waals surface area contributed by atoms with Crippen molar-refractivity contribution in [2.75, 3.05) is 0 Å². The molecule has 0 N–H and O–H groups in total. The van der Waals surface area contributed by atoms with Gasteiger partial charge in [-0.3, -0.25) is 14.4 Å². The van der Waals surface area contributed by atoms with Crippen LogP contribution >= 0.6 is 15.9 Å². The van der Waals surface area contributed by atoms with Gasteiger partial charge in [0.1, 0.15) is 11.5 Å². The third kappa shape index (κ3) is 3.93. The van der Waals surface area contributed by atoms with Crippen LogP contribution in [-0.4, -0.2) is 17.5 Å². The van der Waals surface area contributed by atoms with Crippen LogP contribution in [0.15, 0.2) is 53.0 Å². The Morgan fingerprint density at radius 1 is 1.00 bits per heavy atom. The van der Waals surface area contributed by atoms with Gasteiger partial charge in [0.25, 0.3) is 0 Å². The monoisotopic (exact) mass is 456 g/mol. The van der Waals surface area contributed by atoms with Crippen molar-refractivity contribution in [1.29, 1.82) is 0 Å². The number of ether oxygens (including phenoxy) is 1. The minimum atomic E-state index is -1.50. The normalized spacial score (nSPS) is 23.6. The van der Waals surface area contributed by atoms with Crippen LogP contribution in [-0.2, 0) is 20.7 Å². The first-order valence-corrected chi connectivity index (χ1v) is 10.5. The molecule has 4 nitrogen and oxygen atoms in total. The zero-order valence-electron chi connectivity index (χ0n) is 17.1. The molecule has 0 bridgehead atoms. The highest BCUT2D eigenvalue weighted by atomic mass is 79.9. The maximum Gasteiger partial charge on any atom is 0.320 e. The minimum absolute atomic E-state index is 0.202. The van der Waals surface area contributed by atoms with Crippen molar-refractivity contribution in [1.82, 2.24) is 0 Å². The van der Waals surface area contributed by atoms with Gasteiger partial charge in [0.15, 0.2) is 11.6 Å². The second kappa shape index (κ2) is 7.86. The van der Waals surface area contributed by atoms with E-state index < -0.39 is 22.9 Å². The summed E-state index contributed by atoms with van der Waals surface area (Å²) >= 11 is 3.39. The minimum Gasteiger partial charge on any atom is -0.456 e. The summed E-state index contributed by atoms with van der Waals surface area (Å²) in [5.74, 6) is -1.15. The molecule has 1 aliphatic rings. The topological polar surface area (TPSA) is 60.4 Å². The van der Waals surface area contributed by atoms with Crippen molar-refractivity contribution < 1.29 is 19.1 Å². The van der Waals surface area contributed by atoms with Crippen LogP contribution in [0, 0.1) is 10.8 Å². The van der Waals surface area contributed by atoms with Crippen molar-refractivity contribution in [3.05, 3.63) is 69.7 Å². The van der Waals surface area contributed by atoms with Crippen LogP contribution in [0.25, 0.3) is 0 Å². The zero-order valence-corrected chi connectivity index (χ0v) is 18.7. The highest BCUT2D eigenvalue weighted by Gasteiger charge is 2.58. The summed E-state index contributed by atoms with van der Waals surface area (Å²) in [5, 5.41) is 0. The Balaban J connectivity index is 1.88. The summed E-state index contributed by atoms with van der Waals surface area (Å²) in [7, 11) is 0. The summed E-state index contributed by atoms with van der Waals surface area (Å²) in [6.07, 6.45) is -0.0162. The average molecular weight is 457 g/mol. The molecule has 0 aromatic heterocycles. The van der Waals surface area contributed by atoms with E-state index in [1.165, 1.54) is 6.92 Å². The lowest BCUT2D eigenvalue weighted by atomic mass is 9.64. The van der Waals surface area contributed by atoms with Gasteiger partial charge < -0.3 is 4.74 Å². The van der Waals surface area contributed by atoms with Crippen molar-refractivity contribution in [2.24, 2.45) is 10.8 Å². The van der Waals surface area contributed by atoms with Gasteiger partial charge in [-0.25, -0.2) is 0 Å². The van der Waals surface area contributed by atoms with E-state index in [1.54, 1.807) is 26.0 Å². The molecule has 2 atom stereocenters. The second-order valence-electron chi connectivity index (χ2n) is 8.37. The number of hydrogen-bond acceptors (Lipinski definition) is 4. The number of carbonyl (C=O) groups is 3. The van der Waals surface area contributed by atoms with E-state index in [4.69, 9.17) is 4.74 Å². The van der Waals surface area contributed by atoms with Crippen LogP contribution in [0.2, 0.25) is 0 Å². The Bertz CT molecular complexity index is 944. The third-order valence-electron chi connectivity index (χ3n) is 5.79. The molecular weight excluding hydrogens is 432 g/mol. The van der Waals surface area contributed by atoms with E-state index >= 15 is 0 Å². The lowest BCUT2D eigenvalue weighted by Gasteiger charge is -2.44. The lowest BCUT2D eigenvalue weighted by molar-refractivity contribution is -0.187. The summed E-state index contributed by atoms with van der Waals surface area (Å²) in [4.78, 5) is 39.2. The van der Waals surface area contributed by atoms with Crippen LogP contribution in [0.4, 0.5) is 0 Å². The number of benzene rings is 2. The predicted molar refractivity (Wildman–Crippen MR) is 115 cm³/mol. The van der Waals surface area contributed by atoms with E-state index in [-0.39, 0.29) is 18.0 Å². The van der Waals surface area contributed by atoms with Crippen molar-refractivity contribution in [2.45, 2.75) is 46.6 Å². The average Bonchev–Trinajstić information content (AvgIpc) is 2.70.